The third-order valence-electron chi connectivity index (χ3n) is 5.37. The van der Waals surface area contributed by atoms with E-state index in [-0.39, 0.29) is 34.9 Å². The van der Waals surface area contributed by atoms with E-state index in [0.29, 0.717) is 18.7 Å². The summed E-state index contributed by atoms with van der Waals surface area (Å²) in [7, 11) is -3.64. The zero-order chi connectivity index (χ0) is 20.6. The molecule has 1 saturated heterocycles. The van der Waals surface area contributed by atoms with Gasteiger partial charge in [-0.3, -0.25) is 9.59 Å². The Balaban J connectivity index is 1.39. The summed E-state index contributed by atoms with van der Waals surface area (Å²) in [5.41, 5.74) is 1.68. The SMILES string of the molecule is CC(=O)c1ccc(S(=O)(=O)N2CCN(C(=O)[C@H]3Cc4ccccc4S3)CC2)cc1. The van der Waals surface area contributed by atoms with E-state index in [2.05, 4.69) is 6.07 Å². The van der Waals surface area contributed by atoms with Crippen LogP contribution in [0.4, 0.5) is 0 Å². The fourth-order valence-corrected chi connectivity index (χ4v) is 6.38. The second kappa shape index (κ2) is 7.93. The van der Waals surface area contributed by atoms with E-state index >= 15 is 0 Å². The van der Waals surface area contributed by atoms with Crippen molar-refractivity contribution in [3.63, 3.8) is 0 Å². The topological polar surface area (TPSA) is 74.8 Å². The molecule has 2 aliphatic rings. The molecule has 0 saturated carbocycles. The minimum absolute atomic E-state index is 0.0778. The number of hydrogen-bond acceptors (Lipinski definition) is 5. The predicted molar refractivity (Wildman–Crippen MR) is 112 cm³/mol. The van der Waals surface area contributed by atoms with Gasteiger partial charge in [-0.05, 0) is 37.1 Å². The largest absolute Gasteiger partial charge is 0.339 e. The van der Waals surface area contributed by atoms with Crippen molar-refractivity contribution >= 4 is 33.5 Å². The second-order valence-electron chi connectivity index (χ2n) is 7.23. The zero-order valence-electron chi connectivity index (χ0n) is 16.1. The van der Waals surface area contributed by atoms with Crippen LogP contribution in [0, 0.1) is 0 Å². The van der Waals surface area contributed by atoms with E-state index in [9.17, 15) is 18.0 Å². The van der Waals surface area contributed by atoms with Gasteiger partial charge in [0, 0.05) is 36.6 Å². The third-order valence-corrected chi connectivity index (χ3v) is 8.59. The molecule has 29 heavy (non-hydrogen) atoms. The number of rotatable bonds is 4. The van der Waals surface area contributed by atoms with Crippen LogP contribution in [-0.4, -0.2) is 60.7 Å². The number of amides is 1. The van der Waals surface area contributed by atoms with Gasteiger partial charge in [0.15, 0.2) is 5.78 Å². The molecule has 152 valence electrons. The van der Waals surface area contributed by atoms with Gasteiger partial charge in [-0.1, -0.05) is 30.3 Å². The van der Waals surface area contributed by atoms with Crippen molar-refractivity contribution in [1.82, 2.24) is 9.21 Å². The van der Waals surface area contributed by atoms with Gasteiger partial charge in [0.2, 0.25) is 15.9 Å². The standard InChI is InChI=1S/C21H22N2O4S2/c1-15(24)16-6-8-18(9-7-16)29(26,27)23-12-10-22(11-13-23)21(25)20-14-17-4-2-3-5-19(17)28-20/h2-9,20H,10-14H2,1H3/t20-/m1/s1. The fraction of sp³-hybridized carbons (Fsp3) is 0.333. The maximum Gasteiger partial charge on any atom is 0.243 e. The molecule has 4 rings (SSSR count). The average Bonchev–Trinajstić information content (AvgIpc) is 3.17. The lowest BCUT2D eigenvalue weighted by Gasteiger charge is -2.35. The third kappa shape index (κ3) is 3.97. The van der Waals surface area contributed by atoms with Crippen molar-refractivity contribution in [3.8, 4) is 0 Å². The number of carbonyl (C=O) groups is 2. The Morgan fingerprint density at radius 1 is 0.966 bits per heavy atom. The normalized spacial score (nSPS) is 19.8. The summed E-state index contributed by atoms with van der Waals surface area (Å²) in [5, 5.41) is -0.130. The molecule has 0 bridgehead atoms. The van der Waals surface area contributed by atoms with Gasteiger partial charge in [0.1, 0.15) is 0 Å². The first kappa shape index (κ1) is 20.1. The minimum atomic E-state index is -3.64. The van der Waals surface area contributed by atoms with Gasteiger partial charge in [-0.15, -0.1) is 11.8 Å². The Labute approximate surface area is 174 Å². The quantitative estimate of drug-likeness (QED) is 0.697. The number of piperazine rings is 1. The molecule has 0 aliphatic carbocycles. The van der Waals surface area contributed by atoms with Gasteiger partial charge in [-0.2, -0.15) is 4.31 Å². The molecule has 2 aromatic rings. The Morgan fingerprint density at radius 3 is 2.24 bits per heavy atom. The number of carbonyl (C=O) groups excluding carboxylic acids is 2. The summed E-state index contributed by atoms with van der Waals surface area (Å²) < 4.78 is 27.2. The van der Waals surface area contributed by atoms with Crippen LogP contribution in [0.5, 0.6) is 0 Å². The molecule has 0 aromatic heterocycles. The van der Waals surface area contributed by atoms with Gasteiger partial charge in [0.05, 0.1) is 10.1 Å². The Bertz CT molecular complexity index is 1020. The lowest BCUT2D eigenvalue weighted by molar-refractivity contribution is -0.131. The predicted octanol–water partition coefficient (Wildman–Crippen LogP) is 2.44. The van der Waals surface area contributed by atoms with Crippen molar-refractivity contribution in [3.05, 3.63) is 59.7 Å². The van der Waals surface area contributed by atoms with E-state index in [1.54, 1.807) is 16.7 Å². The molecule has 8 heteroatoms. The summed E-state index contributed by atoms with van der Waals surface area (Å²) in [5.74, 6) is -0.0259. The molecule has 2 aliphatic heterocycles. The van der Waals surface area contributed by atoms with Crippen molar-refractivity contribution in [2.24, 2.45) is 0 Å². The number of nitrogens with zero attached hydrogens (tertiary/aromatic N) is 2. The number of ketones is 1. The summed E-state index contributed by atoms with van der Waals surface area (Å²) >= 11 is 1.59. The van der Waals surface area contributed by atoms with Gasteiger partial charge in [-0.25, -0.2) is 8.42 Å². The highest BCUT2D eigenvalue weighted by molar-refractivity contribution is 8.01. The van der Waals surface area contributed by atoms with Crippen LogP contribution in [0.3, 0.4) is 0 Å². The number of fused-ring (bicyclic) bond motifs is 1. The average molecular weight is 431 g/mol. The number of thioether (sulfide) groups is 1. The monoisotopic (exact) mass is 430 g/mol. The van der Waals surface area contributed by atoms with Crippen LogP contribution < -0.4 is 0 Å². The van der Waals surface area contributed by atoms with E-state index in [1.165, 1.54) is 41.1 Å². The van der Waals surface area contributed by atoms with Crippen molar-refractivity contribution in [1.29, 1.82) is 0 Å². The zero-order valence-corrected chi connectivity index (χ0v) is 17.7. The molecular formula is C21H22N2O4S2. The highest BCUT2D eigenvalue weighted by Crippen LogP contribution is 2.37. The number of hydrogen-bond donors (Lipinski definition) is 0. The Morgan fingerprint density at radius 2 is 1.62 bits per heavy atom. The molecule has 1 atom stereocenters. The molecule has 2 heterocycles. The van der Waals surface area contributed by atoms with Crippen LogP contribution in [0.2, 0.25) is 0 Å². The number of Topliss-reactive ketones (excluding diaryl/α,β-unsaturated/α-hetero) is 1. The van der Waals surface area contributed by atoms with Crippen LogP contribution in [0.15, 0.2) is 58.3 Å². The first-order valence-electron chi connectivity index (χ1n) is 9.51. The highest BCUT2D eigenvalue weighted by atomic mass is 32.2. The number of benzene rings is 2. The van der Waals surface area contributed by atoms with Crippen molar-refractivity contribution in [2.75, 3.05) is 26.2 Å². The van der Waals surface area contributed by atoms with Crippen LogP contribution in [-0.2, 0) is 21.2 Å². The summed E-state index contributed by atoms with van der Waals surface area (Å²) in [4.78, 5) is 27.4. The summed E-state index contributed by atoms with van der Waals surface area (Å²) in [6.45, 7) is 2.76. The lowest BCUT2D eigenvalue weighted by Crippen LogP contribution is -2.52. The first-order valence-corrected chi connectivity index (χ1v) is 11.8. The van der Waals surface area contributed by atoms with Crippen LogP contribution in [0.1, 0.15) is 22.8 Å². The molecule has 1 fully saturated rings. The Kier molecular flexibility index (Phi) is 5.50. The molecular weight excluding hydrogens is 408 g/mol. The molecule has 0 spiro atoms. The highest BCUT2D eigenvalue weighted by Gasteiger charge is 2.35. The molecule has 6 nitrogen and oxygen atoms in total. The molecule has 0 N–H and O–H groups in total. The molecule has 1 amide bonds. The number of sulfonamides is 1. The van der Waals surface area contributed by atoms with Gasteiger partial charge < -0.3 is 4.90 Å². The maximum absolute atomic E-state index is 12.9. The molecule has 0 unspecified atom stereocenters. The second-order valence-corrected chi connectivity index (χ2v) is 10.4. The maximum atomic E-state index is 12.9. The van der Waals surface area contributed by atoms with E-state index in [0.717, 1.165) is 11.3 Å². The van der Waals surface area contributed by atoms with E-state index in [4.69, 9.17) is 0 Å². The molecule has 0 radical (unpaired) electrons. The van der Waals surface area contributed by atoms with E-state index in [1.807, 2.05) is 18.2 Å². The molecule has 2 aromatic carbocycles. The first-order chi connectivity index (χ1) is 13.9. The summed E-state index contributed by atoms with van der Waals surface area (Å²) in [6, 6.07) is 14.1. The van der Waals surface area contributed by atoms with Crippen LogP contribution >= 0.6 is 11.8 Å². The lowest BCUT2D eigenvalue weighted by atomic mass is 10.1. The fourth-order valence-electron chi connectivity index (χ4n) is 3.68. The van der Waals surface area contributed by atoms with Gasteiger partial charge >= 0.3 is 0 Å². The summed E-state index contributed by atoms with van der Waals surface area (Å²) in [6.07, 6.45) is 0.723. The minimum Gasteiger partial charge on any atom is -0.339 e. The van der Waals surface area contributed by atoms with Crippen molar-refractivity contribution < 1.29 is 18.0 Å². The van der Waals surface area contributed by atoms with Crippen molar-refractivity contribution in [2.45, 2.75) is 28.4 Å². The van der Waals surface area contributed by atoms with Crippen LogP contribution in [0.25, 0.3) is 0 Å². The van der Waals surface area contributed by atoms with Gasteiger partial charge in [0.25, 0.3) is 0 Å². The van der Waals surface area contributed by atoms with E-state index < -0.39 is 10.0 Å². The smallest absolute Gasteiger partial charge is 0.243 e. The Hall–Kier alpha value is -2.16.